The Labute approximate surface area is 128 Å². The smallest absolute Gasteiger partial charge is 0.160 e. The van der Waals surface area contributed by atoms with Gasteiger partial charge in [-0.05, 0) is 32.0 Å². The molecule has 1 saturated heterocycles. The highest BCUT2D eigenvalue weighted by atomic mass is 35.5. The van der Waals surface area contributed by atoms with E-state index in [-0.39, 0.29) is 0 Å². The lowest BCUT2D eigenvalue weighted by atomic mass is 10.1. The van der Waals surface area contributed by atoms with Gasteiger partial charge >= 0.3 is 0 Å². The first kappa shape index (κ1) is 14.1. The van der Waals surface area contributed by atoms with E-state index in [1.165, 1.54) is 13.0 Å². The lowest BCUT2D eigenvalue weighted by Gasteiger charge is -2.14. The predicted molar refractivity (Wildman–Crippen MR) is 82.6 cm³/mol. The van der Waals surface area contributed by atoms with E-state index in [0.29, 0.717) is 16.8 Å². The zero-order valence-electron chi connectivity index (χ0n) is 11.5. The van der Waals surface area contributed by atoms with Crippen molar-refractivity contribution in [1.29, 1.82) is 0 Å². The maximum atomic E-state index is 6.00. The normalized spacial score (nSPS) is 20.1. The molecule has 0 saturated carbocycles. The van der Waals surface area contributed by atoms with Crippen molar-refractivity contribution in [2.45, 2.75) is 19.4 Å². The third kappa shape index (κ3) is 2.78. The van der Waals surface area contributed by atoms with Crippen molar-refractivity contribution in [2.24, 2.45) is 5.92 Å². The largest absolute Gasteiger partial charge is 0.312 e. The molecule has 3 heterocycles. The molecule has 2 aromatic heterocycles. The molecule has 108 valence electrons. The number of alkyl halides is 1. The van der Waals surface area contributed by atoms with Gasteiger partial charge in [-0.1, -0.05) is 11.6 Å². The summed E-state index contributed by atoms with van der Waals surface area (Å²) in [5.41, 5.74) is 1.79. The fraction of sp³-hybridized carbons (Fsp3) is 0.571. The number of likely N-dealkylation sites (tertiary alicyclic amines) is 1. The Morgan fingerprint density at radius 3 is 3.00 bits per heavy atom. The molecule has 0 spiro atoms. The zero-order chi connectivity index (χ0) is 14.1. The first-order valence-electron chi connectivity index (χ1n) is 6.92. The SMILES string of the molecule is CN1CCC(Cn2c(CCCl)nc3cc(Cl)cnc32)C1. The van der Waals surface area contributed by atoms with Crippen LogP contribution in [0.25, 0.3) is 11.2 Å². The minimum absolute atomic E-state index is 0.571. The topological polar surface area (TPSA) is 34.0 Å². The molecule has 6 heteroatoms. The van der Waals surface area contributed by atoms with Crippen LogP contribution in [0.2, 0.25) is 5.02 Å². The summed E-state index contributed by atoms with van der Waals surface area (Å²) in [5.74, 6) is 2.24. The van der Waals surface area contributed by atoms with Crippen LogP contribution in [0.4, 0.5) is 0 Å². The number of halogens is 2. The Balaban J connectivity index is 1.95. The van der Waals surface area contributed by atoms with Gasteiger partial charge in [0.25, 0.3) is 0 Å². The highest BCUT2D eigenvalue weighted by Gasteiger charge is 2.22. The van der Waals surface area contributed by atoms with Crippen LogP contribution >= 0.6 is 23.2 Å². The summed E-state index contributed by atoms with van der Waals surface area (Å²) in [6.07, 6.45) is 3.68. The standard InChI is InChI=1S/C14H18Cl2N4/c1-19-5-3-10(8-19)9-20-13(2-4-15)18-12-6-11(16)7-17-14(12)20/h6-7,10H,2-5,8-9H2,1H3. The summed E-state index contributed by atoms with van der Waals surface area (Å²) in [6.45, 7) is 3.26. The molecule has 0 radical (unpaired) electrons. The van der Waals surface area contributed by atoms with Crippen LogP contribution in [0.3, 0.4) is 0 Å². The van der Waals surface area contributed by atoms with Gasteiger partial charge in [0.05, 0.1) is 5.02 Å². The van der Waals surface area contributed by atoms with Crippen LogP contribution in [0.1, 0.15) is 12.2 Å². The number of aryl methyl sites for hydroxylation is 1. The summed E-state index contributed by atoms with van der Waals surface area (Å²) < 4.78 is 2.22. The van der Waals surface area contributed by atoms with Gasteiger partial charge in [0.1, 0.15) is 11.3 Å². The molecule has 2 aromatic rings. The third-order valence-electron chi connectivity index (χ3n) is 3.88. The number of rotatable bonds is 4. The summed E-state index contributed by atoms with van der Waals surface area (Å²) in [7, 11) is 2.17. The number of hydrogen-bond donors (Lipinski definition) is 0. The Hall–Kier alpha value is -0.840. The minimum atomic E-state index is 0.571. The number of pyridine rings is 1. The van der Waals surface area contributed by atoms with Crippen molar-refractivity contribution in [2.75, 3.05) is 26.0 Å². The van der Waals surface area contributed by atoms with Crippen molar-refractivity contribution in [1.82, 2.24) is 19.4 Å². The van der Waals surface area contributed by atoms with Crippen LogP contribution in [0, 0.1) is 5.92 Å². The molecule has 20 heavy (non-hydrogen) atoms. The molecule has 1 fully saturated rings. The molecule has 4 nitrogen and oxygen atoms in total. The molecule has 0 bridgehead atoms. The Kier molecular flexibility index (Phi) is 4.15. The van der Waals surface area contributed by atoms with Gasteiger partial charge in [-0.15, -0.1) is 11.6 Å². The second kappa shape index (κ2) is 5.88. The van der Waals surface area contributed by atoms with Gasteiger partial charge in [0.2, 0.25) is 0 Å². The van der Waals surface area contributed by atoms with E-state index in [2.05, 4.69) is 26.5 Å². The summed E-state index contributed by atoms with van der Waals surface area (Å²) in [5, 5.41) is 0.625. The van der Waals surface area contributed by atoms with Crippen LogP contribution in [-0.4, -0.2) is 45.5 Å². The van der Waals surface area contributed by atoms with Gasteiger partial charge < -0.3 is 9.47 Å². The first-order chi connectivity index (χ1) is 9.67. The Morgan fingerprint density at radius 1 is 1.45 bits per heavy atom. The highest BCUT2D eigenvalue weighted by molar-refractivity contribution is 6.31. The fourth-order valence-corrected chi connectivity index (χ4v) is 3.26. The van der Waals surface area contributed by atoms with Gasteiger partial charge in [-0.2, -0.15) is 0 Å². The van der Waals surface area contributed by atoms with Crippen molar-refractivity contribution < 1.29 is 0 Å². The number of hydrogen-bond acceptors (Lipinski definition) is 3. The molecule has 0 aromatic carbocycles. The third-order valence-corrected chi connectivity index (χ3v) is 4.27. The van der Waals surface area contributed by atoms with Gasteiger partial charge in [0, 0.05) is 31.6 Å². The van der Waals surface area contributed by atoms with Gasteiger partial charge in [0.15, 0.2) is 5.65 Å². The summed E-state index contributed by atoms with van der Waals surface area (Å²) >= 11 is 11.9. The highest BCUT2D eigenvalue weighted by Crippen LogP contribution is 2.23. The first-order valence-corrected chi connectivity index (χ1v) is 7.84. The average Bonchev–Trinajstić information content (AvgIpc) is 2.95. The number of fused-ring (bicyclic) bond motifs is 1. The number of nitrogens with zero attached hydrogens (tertiary/aromatic N) is 4. The lowest BCUT2D eigenvalue weighted by molar-refractivity contribution is 0.377. The van der Waals surface area contributed by atoms with Gasteiger partial charge in [-0.25, -0.2) is 9.97 Å². The van der Waals surface area contributed by atoms with E-state index in [1.54, 1.807) is 6.20 Å². The maximum absolute atomic E-state index is 6.00. The fourth-order valence-electron chi connectivity index (χ4n) is 2.93. The quantitative estimate of drug-likeness (QED) is 0.814. The second-order valence-corrected chi connectivity index (χ2v) is 6.31. The molecule has 0 amide bonds. The van der Waals surface area contributed by atoms with E-state index in [1.807, 2.05) is 6.07 Å². The Morgan fingerprint density at radius 2 is 2.30 bits per heavy atom. The zero-order valence-corrected chi connectivity index (χ0v) is 13.0. The molecule has 3 rings (SSSR count). The predicted octanol–water partition coefficient (Wildman–Crippen LogP) is 2.82. The number of imidazole rings is 1. The maximum Gasteiger partial charge on any atom is 0.160 e. The average molecular weight is 313 g/mol. The molecule has 0 N–H and O–H groups in total. The summed E-state index contributed by atoms with van der Waals surface area (Å²) in [6, 6.07) is 1.87. The van der Waals surface area contributed by atoms with Crippen molar-refractivity contribution >= 4 is 34.4 Å². The van der Waals surface area contributed by atoms with E-state index in [4.69, 9.17) is 23.2 Å². The van der Waals surface area contributed by atoms with E-state index >= 15 is 0 Å². The molecule has 1 aliphatic rings. The minimum Gasteiger partial charge on any atom is -0.312 e. The van der Waals surface area contributed by atoms with Crippen LogP contribution in [0.5, 0.6) is 0 Å². The Bertz CT molecular complexity index is 610. The number of aromatic nitrogens is 3. The van der Waals surface area contributed by atoms with Crippen LogP contribution < -0.4 is 0 Å². The van der Waals surface area contributed by atoms with E-state index in [9.17, 15) is 0 Å². The van der Waals surface area contributed by atoms with E-state index < -0.39 is 0 Å². The van der Waals surface area contributed by atoms with Gasteiger partial charge in [-0.3, -0.25) is 0 Å². The van der Waals surface area contributed by atoms with Crippen molar-refractivity contribution in [3.05, 3.63) is 23.1 Å². The summed E-state index contributed by atoms with van der Waals surface area (Å²) in [4.78, 5) is 11.5. The molecular formula is C14H18Cl2N4. The monoisotopic (exact) mass is 312 g/mol. The molecule has 1 unspecified atom stereocenters. The van der Waals surface area contributed by atoms with Crippen molar-refractivity contribution in [3.63, 3.8) is 0 Å². The van der Waals surface area contributed by atoms with Crippen molar-refractivity contribution in [3.8, 4) is 0 Å². The lowest BCUT2D eigenvalue weighted by Crippen LogP contribution is -2.18. The van der Waals surface area contributed by atoms with Crippen LogP contribution in [0.15, 0.2) is 12.3 Å². The second-order valence-electron chi connectivity index (χ2n) is 5.49. The molecule has 1 atom stereocenters. The molecule has 0 aliphatic carbocycles. The molecular weight excluding hydrogens is 295 g/mol. The van der Waals surface area contributed by atoms with Crippen LogP contribution in [-0.2, 0) is 13.0 Å². The molecule has 1 aliphatic heterocycles. The van der Waals surface area contributed by atoms with E-state index in [0.717, 1.165) is 36.5 Å².